The van der Waals surface area contributed by atoms with Gasteiger partial charge in [-0.15, -0.1) is 0 Å². The van der Waals surface area contributed by atoms with E-state index in [2.05, 4.69) is 28.6 Å². The van der Waals surface area contributed by atoms with E-state index in [9.17, 15) is 0 Å². The third-order valence-electron chi connectivity index (χ3n) is 3.54. The zero-order chi connectivity index (χ0) is 13.2. The van der Waals surface area contributed by atoms with Gasteiger partial charge in [-0.2, -0.15) is 0 Å². The summed E-state index contributed by atoms with van der Waals surface area (Å²) in [6, 6.07) is 2.03. The van der Waals surface area contributed by atoms with Crippen molar-refractivity contribution < 1.29 is 9.26 Å². The Balaban J connectivity index is 1.77. The highest BCUT2D eigenvalue weighted by Gasteiger charge is 2.22. The molecule has 0 aliphatic carbocycles. The van der Waals surface area contributed by atoms with Crippen molar-refractivity contribution in [2.45, 2.75) is 38.6 Å². The lowest BCUT2D eigenvalue weighted by Crippen LogP contribution is -2.09. The second kappa shape index (κ2) is 5.17. The summed E-state index contributed by atoms with van der Waals surface area (Å²) in [7, 11) is 0. The van der Waals surface area contributed by atoms with E-state index in [0.29, 0.717) is 18.4 Å². The lowest BCUT2D eigenvalue weighted by molar-refractivity contribution is 0.192. The van der Waals surface area contributed by atoms with Crippen molar-refractivity contribution in [1.29, 1.82) is 0 Å². The Bertz CT molecular complexity index is 538. The number of hydrogen-bond acceptors (Lipinski definition) is 4. The van der Waals surface area contributed by atoms with E-state index in [0.717, 1.165) is 36.9 Å². The summed E-state index contributed by atoms with van der Waals surface area (Å²) in [5, 5.41) is 4.09. The van der Waals surface area contributed by atoms with E-state index in [-0.39, 0.29) is 0 Å². The molecule has 0 N–H and O–H groups in total. The quantitative estimate of drug-likeness (QED) is 0.848. The van der Waals surface area contributed by atoms with Crippen molar-refractivity contribution in [3.63, 3.8) is 0 Å². The molecule has 1 saturated heterocycles. The van der Waals surface area contributed by atoms with Crippen LogP contribution in [0.25, 0.3) is 0 Å². The van der Waals surface area contributed by atoms with Gasteiger partial charge in [0, 0.05) is 31.0 Å². The van der Waals surface area contributed by atoms with E-state index in [1.807, 2.05) is 18.5 Å². The normalized spacial score (nSPS) is 19.4. The van der Waals surface area contributed by atoms with Crippen LogP contribution in [0.2, 0.25) is 0 Å². The first-order valence-corrected chi connectivity index (χ1v) is 6.78. The molecule has 0 saturated carbocycles. The van der Waals surface area contributed by atoms with Crippen LogP contribution in [-0.2, 0) is 11.3 Å². The Labute approximate surface area is 112 Å². The van der Waals surface area contributed by atoms with Gasteiger partial charge in [-0.05, 0) is 12.3 Å². The molecule has 1 fully saturated rings. The first-order valence-electron chi connectivity index (χ1n) is 6.78. The third kappa shape index (κ3) is 2.56. The molecule has 102 valence electrons. The maximum Gasteiger partial charge on any atom is 0.156 e. The van der Waals surface area contributed by atoms with Crippen molar-refractivity contribution in [3.05, 3.63) is 35.7 Å². The molecule has 5 heteroatoms. The lowest BCUT2D eigenvalue weighted by atomic mass is 10.1. The monoisotopic (exact) mass is 261 g/mol. The topological polar surface area (TPSA) is 53.1 Å². The van der Waals surface area contributed by atoms with Gasteiger partial charge in [-0.1, -0.05) is 19.0 Å². The van der Waals surface area contributed by atoms with Gasteiger partial charge in [0.2, 0.25) is 0 Å². The summed E-state index contributed by atoms with van der Waals surface area (Å²) in [6.45, 7) is 6.51. The summed E-state index contributed by atoms with van der Waals surface area (Å²) in [4.78, 5) is 4.46. The van der Waals surface area contributed by atoms with Gasteiger partial charge in [0.1, 0.15) is 5.82 Å². The van der Waals surface area contributed by atoms with Crippen LogP contribution in [0, 0.1) is 0 Å². The molecule has 0 amide bonds. The highest BCUT2D eigenvalue weighted by Crippen LogP contribution is 2.24. The summed E-state index contributed by atoms with van der Waals surface area (Å²) in [5.41, 5.74) is 1.00. The Morgan fingerprint density at radius 3 is 3.05 bits per heavy atom. The van der Waals surface area contributed by atoms with Crippen LogP contribution in [0.5, 0.6) is 0 Å². The molecule has 0 spiro atoms. The molecule has 0 radical (unpaired) electrons. The molecule has 2 aromatic rings. The summed E-state index contributed by atoms with van der Waals surface area (Å²) >= 11 is 0. The molecule has 2 aromatic heterocycles. The Kier molecular flexibility index (Phi) is 3.38. The van der Waals surface area contributed by atoms with E-state index in [1.165, 1.54) is 0 Å². The number of hydrogen-bond donors (Lipinski definition) is 0. The van der Waals surface area contributed by atoms with Crippen LogP contribution in [0.1, 0.15) is 49.4 Å². The minimum Gasteiger partial charge on any atom is -0.381 e. The highest BCUT2D eigenvalue weighted by molar-refractivity contribution is 5.11. The molecule has 1 aliphatic rings. The van der Waals surface area contributed by atoms with Crippen molar-refractivity contribution in [2.75, 3.05) is 13.2 Å². The highest BCUT2D eigenvalue weighted by atomic mass is 16.5. The van der Waals surface area contributed by atoms with Crippen LogP contribution in [-0.4, -0.2) is 27.9 Å². The molecule has 5 nitrogen and oxygen atoms in total. The van der Waals surface area contributed by atoms with Gasteiger partial charge < -0.3 is 13.8 Å². The molecule has 1 aliphatic heterocycles. The molecule has 0 bridgehead atoms. The predicted molar refractivity (Wildman–Crippen MR) is 70.1 cm³/mol. The predicted octanol–water partition coefficient (Wildman–Crippen LogP) is 2.55. The molecule has 1 unspecified atom stereocenters. The van der Waals surface area contributed by atoms with Gasteiger partial charge >= 0.3 is 0 Å². The smallest absolute Gasteiger partial charge is 0.156 e. The van der Waals surface area contributed by atoms with E-state index < -0.39 is 0 Å². The maximum atomic E-state index is 5.43. The zero-order valence-corrected chi connectivity index (χ0v) is 11.4. The minimum atomic E-state index is 0.392. The molecule has 1 atom stereocenters. The fourth-order valence-electron chi connectivity index (χ4n) is 2.40. The van der Waals surface area contributed by atoms with Gasteiger partial charge in [-0.25, -0.2) is 4.98 Å². The van der Waals surface area contributed by atoms with Gasteiger partial charge in [0.25, 0.3) is 0 Å². The number of aromatic nitrogens is 3. The van der Waals surface area contributed by atoms with Crippen molar-refractivity contribution >= 4 is 0 Å². The van der Waals surface area contributed by atoms with Crippen LogP contribution < -0.4 is 0 Å². The molecule has 19 heavy (non-hydrogen) atoms. The molecular formula is C14H19N3O2. The fraction of sp³-hybridized carbons (Fsp3) is 0.571. The largest absolute Gasteiger partial charge is 0.381 e. The SMILES string of the molecule is CC(C)c1cc(Cn2ccnc2C2CCOC2)on1. The van der Waals surface area contributed by atoms with Gasteiger partial charge in [0.15, 0.2) is 5.76 Å². The van der Waals surface area contributed by atoms with Crippen LogP contribution in [0.15, 0.2) is 23.0 Å². The van der Waals surface area contributed by atoms with E-state index >= 15 is 0 Å². The lowest BCUT2D eigenvalue weighted by Gasteiger charge is -2.09. The number of rotatable bonds is 4. The first kappa shape index (κ1) is 12.4. The average Bonchev–Trinajstić information content (AvgIpc) is 3.09. The van der Waals surface area contributed by atoms with Crippen molar-refractivity contribution in [3.8, 4) is 0 Å². The molecular weight excluding hydrogens is 242 g/mol. The van der Waals surface area contributed by atoms with Crippen LogP contribution in [0.3, 0.4) is 0 Å². The van der Waals surface area contributed by atoms with Crippen molar-refractivity contribution in [1.82, 2.24) is 14.7 Å². The average molecular weight is 261 g/mol. The number of nitrogens with zero attached hydrogens (tertiary/aromatic N) is 3. The standard InChI is InChI=1S/C14H19N3O2/c1-10(2)13-7-12(19-16-13)8-17-5-4-15-14(17)11-3-6-18-9-11/h4-5,7,10-11H,3,6,8-9H2,1-2H3. The minimum absolute atomic E-state index is 0.392. The van der Waals surface area contributed by atoms with E-state index in [1.54, 1.807) is 0 Å². The third-order valence-corrected chi connectivity index (χ3v) is 3.54. The van der Waals surface area contributed by atoms with Gasteiger partial charge in [0.05, 0.1) is 18.8 Å². The van der Waals surface area contributed by atoms with Crippen LogP contribution in [0.4, 0.5) is 0 Å². The Hall–Kier alpha value is -1.62. The second-order valence-electron chi connectivity index (χ2n) is 5.35. The maximum absolute atomic E-state index is 5.43. The van der Waals surface area contributed by atoms with E-state index in [4.69, 9.17) is 9.26 Å². The van der Waals surface area contributed by atoms with Crippen molar-refractivity contribution in [2.24, 2.45) is 0 Å². The first-order chi connectivity index (χ1) is 9.24. The molecule has 3 rings (SSSR count). The summed E-state index contributed by atoms with van der Waals surface area (Å²) in [6.07, 6.45) is 4.88. The molecule has 3 heterocycles. The van der Waals surface area contributed by atoms with Gasteiger partial charge in [-0.3, -0.25) is 0 Å². The number of imidazole rings is 1. The summed E-state index contributed by atoms with van der Waals surface area (Å²) < 4.78 is 12.9. The zero-order valence-electron chi connectivity index (χ0n) is 11.4. The molecule has 0 aromatic carbocycles. The Morgan fingerprint density at radius 1 is 1.47 bits per heavy atom. The van der Waals surface area contributed by atoms with Crippen LogP contribution >= 0.6 is 0 Å². The second-order valence-corrected chi connectivity index (χ2v) is 5.35. The Morgan fingerprint density at radius 2 is 2.37 bits per heavy atom. The number of ether oxygens (including phenoxy) is 1. The fourth-order valence-corrected chi connectivity index (χ4v) is 2.40. The summed E-state index contributed by atoms with van der Waals surface area (Å²) in [5.74, 6) is 2.76.